The number of hydrogen-bond donors (Lipinski definition) is 1. The normalized spacial score (nSPS) is 24.6. The summed E-state index contributed by atoms with van der Waals surface area (Å²) in [5.41, 5.74) is 2.30. The zero-order chi connectivity index (χ0) is 17.1. The molecule has 1 unspecified atom stereocenters. The second-order valence-corrected chi connectivity index (χ2v) is 7.91. The van der Waals surface area contributed by atoms with Crippen molar-refractivity contribution >= 4 is 11.9 Å². The Morgan fingerprint density at radius 1 is 1.00 bits per heavy atom. The van der Waals surface area contributed by atoms with Gasteiger partial charge in [0.2, 0.25) is 11.9 Å². The van der Waals surface area contributed by atoms with Gasteiger partial charge in [-0.3, -0.25) is 4.79 Å². The van der Waals surface area contributed by atoms with Crippen molar-refractivity contribution in [1.29, 1.82) is 0 Å². The Morgan fingerprint density at radius 2 is 1.76 bits per heavy atom. The highest BCUT2D eigenvalue weighted by Crippen LogP contribution is 2.31. The van der Waals surface area contributed by atoms with Crippen LogP contribution in [0.3, 0.4) is 0 Å². The Bertz CT molecular complexity index is 606. The lowest BCUT2D eigenvalue weighted by Crippen LogP contribution is -2.37. The highest BCUT2D eigenvalue weighted by Gasteiger charge is 2.28. The molecular formula is C20H30N4O. The second-order valence-electron chi connectivity index (χ2n) is 7.91. The fourth-order valence-electron chi connectivity index (χ4n) is 4.59. The Labute approximate surface area is 150 Å². The predicted molar refractivity (Wildman–Crippen MR) is 98.5 cm³/mol. The molecule has 1 N–H and O–H groups in total. The number of carbonyl (C=O) groups is 1. The van der Waals surface area contributed by atoms with Crippen LogP contribution in [0.15, 0.2) is 6.20 Å². The van der Waals surface area contributed by atoms with E-state index in [4.69, 9.17) is 4.98 Å². The van der Waals surface area contributed by atoms with Gasteiger partial charge in [-0.05, 0) is 51.4 Å². The summed E-state index contributed by atoms with van der Waals surface area (Å²) < 4.78 is 0. The smallest absolute Gasteiger partial charge is 0.225 e. The summed E-state index contributed by atoms with van der Waals surface area (Å²) in [5, 5.41) is 3.31. The molecule has 1 aliphatic heterocycles. The van der Waals surface area contributed by atoms with Gasteiger partial charge in [0, 0.05) is 30.8 Å². The van der Waals surface area contributed by atoms with Crippen LogP contribution in [0.4, 0.5) is 5.95 Å². The zero-order valence-corrected chi connectivity index (χ0v) is 15.2. The lowest BCUT2D eigenvalue weighted by atomic mass is 9.87. The maximum atomic E-state index is 12.6. The highest BCUT2D eigenvalue weighted by molar-refractivity contribution is 5.79. The average molecular weight is 342 g/mol. The summed E-state index contributed by atoms with van der Waals surface area (Å²) in [6, 6.07) is 0.105. The summed E-state index contributed by atoms with van der Waals surface area (Å²) in [7, 11) is 0. The van der Waals surface area contributed by atoms with Crippen LogP contribution in [0.5, 0.6) is 0 Å². The van der Waals surface area contributed by atoms with Gasteiger partial charge >= 0.3 is 0 Å². The van der Waals surface area contributed by atoms with E-state index in [0.29, 0.717) is 0 Å². The standard InChI is InChI=1S/C20H30N4O/c25-19(15-8-3-1-4-9-15)22-17-10-7-11-18-16(17)14-21-20(23-18)24-12-5-2-6-13-24/h14-15,17H,1-13H2,(H,22,25). The van der Waals surface area contributed by atoms with Gasteiger partial charge < -0.3 is 10.2 Å². The molecule has 2 aliphatic carbocycles. The Hall–Kier alpha value is -1.65. The topological polar surface area (TPSA) is 58.1 Å². The summed E-state index contributed by atoms with van der Waals surface area (Å²) in [6.07, 6.45) is 14.7. The number of anilines is 1. The van der Waals surface area contributed by atoms with Crippen LogP contribution in [0.25, 0.3) is 0 Å². The predicted octanol–water partition coefficient (Wildman–Crippen LogP) is 3.54. The Kier molecular flexibility index (Phi) is 5.18. The van der Waals surface area contributed by atoms with Crippen molar-refractivity contribution in [2.75, 3.05) is 18.0 Å². The van der Waals surface area contributed by atoms with Gasteiger partial charge in [-0.2, -0.15) is 0 Å². The van der Waals surface area contributed by atoms with E-state index < -0.39 is 0 Å². The number of amides is 1. The first-order valence-corrected chi connectivity index (χ1v) is 10.2. The molecule has 1 saturated heterocycles. The molecule has 5 nitrogen and oxygen atoms in total. The fraction of sp³-hybridized carbons (Fsp3) is 0.750. The number of hydrogen-bond acceptors (Lipinski definition) is 4. The molecule has 0 spiro atoms. The summed E-state index contributed by atoms with van der Waals surface area (Å²) in [6.45, 7) is 2.14. The molecule has 0 bridgehead atoms. The van der Waals surface area contributed by atoms with Crippen molar-refractivity contribution in [1.82, 2.24) is 15.3 Å². The van der Waals surface area contributed by atoms with Gasteiger partial charge in [0.05, 0.1) is 11.7 Å². The molecule has 0 aromatic carbocycles. The number of nitrogens with one attached hydrogen (secondary N) is 1. The molecule has 4 rings (SSSR count). The van der Waals surface area contributed by atoms with Gasteiger partial charge in [-0.25, -0.2) is 9.97 Å². The Balaban J connectivity index is 1.46. The molecule has 0 radical (unpaired) electrons. The Morgan fingerprint density at radius 3 is 2.56 bits per heavy atom. The quantitative estimate of drug-likeness (QED) is 0.913. The van der Waals surface area contributed by atoms with E-state index in [2.05, 4.69) is 15.2 Å². The number of carbonyl (C=O) groups excluding carboxylic acids is 1. The van der Waals surface area contributed by atoms with Crippen molar-refractivity contribution in [3.05, 3.63) is 17.5 Å². The molecule has 1 aromatic heterocycles. The number of fused-ring (bicyclic) bond motifs is 1. The first-order chi connectivity index (χ1) is 12.3. The van der Waals surface area contributed by atoms with Crippen molar-refractivity contribution in [2.45, 2.75) is 76.7 Å². The van der Waals surface area contributed by atoms with Crippen LogP contribution in [-0.2, 0) is 11.2 Å². The van der Waals surface area contributed by atoms with E-state index in [1.54, 1.807) is 0 Å². The minimum absolute atomic E-state index is 0.105. The number of nitrogens with zero attached hydrogens (tertiary/aromatic N) is 3. The monoisotopic (exact) mass is 342 g/mol. The van der Waals surface area contributed by atoms with E-state index in [-0.39, 0.29) is 17.9 Å². The largest absolute Gasteiger partial charge is 0.349 e. The molecule has 2 heterocycles. The maximum absolute atomic E-state index is 12.6. The number of piperidine rings is 1. The van der Waals surface area contributed by atoms with E-state index in [0.717, 1.165) is 62.4 Å². The summed E-state index contributed by atoms with van der Waals surface area (Å²) in [5.74, 6) is 1.35. The van der Waals surface area contributed by atoms with Crippen LogP contribution in [0, 0.1) is 5.92 Å². The van der Waals surface area contributed by atoms with Gasteiger partial charge in [0.15, 0.2) is 0 Å². The van der Waals surface area contributed by atoms with Crippen molar-refractivity contribution < 1.29 is 4.79 Å². The van der Waals surface area contributed by atoms with Crippen molar-refractivity contribution in [3.8, 4) is 0 Å². The van der Waals surface area contributed by atoms with Gasteiger partial charge in [-0.1, -0.05) is 19.3 Å². The van der Waals surface area contributed by atoms with Gasteiger partial charge in [-0.15, -0.1) is 0 Å². The second kappa shape index (κ2) is 7.71. The molecule has 3 aliphatic rings. The molecule has 1 saturated carbocycles. The highest BCUT2D eigenvalue weighted by atomic mass is 16.1. The lowest BCUT2D eigenvalue weighted by molar-refractivity contribution is -0.126. The van der Waals surface area contributed by atoms with Crippen LogP contribution < -0.4 is 10.2 Å². The molecule has 1 atom stereocenters. The van der Waals surface area contributed by atoms with E-state index in [1.807, 2.05) is 6.20 Å². The summed E-state index contributed by atoms with van der Waals surface area (Å²) >= 11 is 0. The lowest BCUT2D eigenvalue weighted by Gasteiger charge is -2.31. The van der Waals surface area contributed by atoms with Crippen LogP contribution >= 0.6 is 0 Å². The van der Waals surface area contributed by atoms with Gasteiger partial charge in [0.25, 0.3) is 0 Å². The molecule has 2 fully saturated rings. The van der Waals surface area contributed by atoms with Crippen molar-refractivity contribution in [2.24, 2.45) is 5.92 Å². The van der Waals surface area contributed by atoms with Crippen LogP contribution in [0.2, 0.25) is 0 Å². The third kappa shape index (κ3) is 3.80. The first-order valence-electron chi connectivity index (χ1n) is 10.2. The fourth-order valence-corrected chi connectivity index (χ4v) is 4.59. The SMILES string of the molecule is O=C(NC1CCCc2nc(N3CCCCC3)ncc21)C1CCCCC1. The minimum Gasteiger partial charge on any atom is -0.349 e. The maximum Gasteiger partial charge on any atom is 0.225 e. The molecule has 1 amide bonds. The van der Waals surface area contributed by atoms with E-state index >= 15 is 0 Å². The number of aryl methyl sites for hydroxylation is 1. The molecule has 1 aromatic rings. The first kappa shape index (κ1) is 16.8. The zero-order valence-electron chi connectivity index (χ0n) is 15.2. The van der Waals surface area contributed by atoms with E-state index in [1.165, 1.54) is 38.5 Å². The molecular weight excluding hydrogens is 312 g/mol. The third-order valence-electron chi connectivity index (χ3n) is 6.10. The third-order valence-corrected chi connectivity index (χ3v) is 6.10. The van der Waals surface area contributed by atoms with E-state index in [9.17, 15) is 4.79 Å². The molecule has 5 heteroatoms. The summed E-state index contributed by atoms with van der Waals surface area (Å²) in [4.78, 5) is 24.5. The minimum atomic E-state index is 0.105. The van der Waals surface area contributed by atoms with Gasteiger partial charge in [0.1, 0.15) is 0 Å². The number of rotatable bonds is 3. The molecule has 25 heavy (non-hydrogen) atoms. The number of aromatic nitrogens is 2. The van der Waals surface area contributed by atoms with Crippen LogP contribution in [-0.4, -0.2) is 29.0 Å². The average Bonchev–Trinajstić information content (AvgIpc) is 2.69. The molecule has 136 valence electrons. The van der Waals surface area contributed by atoms with Crippen LogP contribution in [0.1, 0.15) is 81.5 Å². The van der Waals surface area contributed by atoms with Crippen molar-refractivity contribution in [3.63, 3.8) is 0 Å².